The third-order valence-corrected chi connectivity index (χ3v) is 9.94. The predicted molar refractivity (Wildman–Crippen MR) is 174 cm³/mol. The van der Waals surface area contributed by atoms with E-state index in [0.717, 1.165) is 36.6 Å². The number of likely N-dealkylation sites (tertiary alicyclic amines) is 1. The van der Waals surface area contributed by atoms with E-state index in [1.807, 2.05) is 59.8 Å². The number of benzene rings is 1. The summed E-state index contributed by atoms with van der Waals surface area (Å²) in [5, 5.41) is 0.909. The molecule has 1 aliphatic carbocycles. The van der Waals surface area contributed by atoms with Crippen LogP contribution in [0.3, 0.4) is 0 Å². The average molecular weight is 637 g/mol. The maximum atomic E-state index is 13.2. The van der Waals surface area contributed by atoms with E-state index in [0.29, 0.717) is 63.0 Å². The fourth-order valence-electron chi connectivity index (χ4n) is 6.15. The molecule has 242 valence electrons. The van der Waals surface area contributed by atoms with Crippen molar-refractivity contribution in [3.05, 3.63) is 48.5 Å². The maximum Gasteiger partial charge on any atom is 0.311 e. The van der Waals surface area contributed by atoms with Gasteiger partial charge in [-0.15, -0.1) is 0 Å². The number of nitrogens with zero attached hydrogens (tertiary/aromatic N) is 4. The molecule has 1 saturated carbocycles. The lowest BCUT2D eigenvalue weighted by Gasteiger charge is -2.39. The van der Waals surface area contributed by atoms with Gasteiger partial charge in [0.25, 0.3) is 0 Å². The molecule has 1 aliphatic heterocycles. The smallest absolute Gasteiger partial charge is 0.311 e. The van der Waals surface area contributed by atoms with Crippen LogP contribution < -0.4 is 4.74 Å². The Morgan fingerprint density at radius 1 is 1.11 bits per heavy atom. The third-order valence-electron chi connectivity index (χ3n) is 8.91. The van der Waals surface area contributed by atoms with Gasteiger partial charge in [0.1, 0.15) is 21.4 Å². The molecule has 45 heavy (non-hydrogen) atoms. The Labute approximate surface area is 266 Å². The molecule has 0 bridgehead atoms. The molecule has 0 spiro atoms. The number of aromatic nitrogens is 3. The second-order valence-electron chi connectivity index (χ2n) is 12.4. The lowest BCUT2D eigenvalue weighted by atomic mass is 9.78. The number of hydrogen-bond donors (Lipinski definition) is 0. The first-order chi connectivity index (χ1) is 21.6. The van der Waals surface area contributed by atoms with Gasteiger partial charge in [-0.3, -0.25) is 9.59 Å². The molecule has 2 fully saturated rings. The molecular formula is C34H44N4O6S. The number of ether oxygens (including phenoxy) is 2. The number of carbonyl (C=O) groups is 2. The van der Waals surface area contributed by atoms with E-state index in [9.17, 15) is 18.0 Å². The molecule has 0 N–H and O–H groups in total. The normalized spacial score (nSPS) is 19.8. The fourth-order valence-corrected chi connectivity index (χ4v) is 6.79. The van der Waals surface area contributed by atoms with Crippen LogP contribution in [0.1, 0.15) is 66.0 Å². The van der Waals surface area contributed by atoms with Crippen LogP contribution in [-0.2, 0) is 24.2 Å². The van der Waals surface area contributed by atoms with Crippen LogP contribution in [0.25, 0.3) is 16.7 Å². The lowest BCUT2D eigenvalue weighted by molar-refractivity contribution is -0.159. The van der Waals surface area contributed by atoms with E-state index >= 15 is 0 Å². The fraction of sp³-hybridized carbons (Fsp3) is 0.529. The zero-order valence-corrected chi connectivity index (χ0v) is 27.1. The Kier molecular flexibility index (Phi) is 10.1. The molecule has 0 atom stereocenters. The first-order valence-electron chi connectivity index (χ1n) is 15.8. The summed E-state index contributed by atoms with van der Waals surface area (Å²) in [5.41, 5.74) is 0.407. The highest BCUT2D eigenvalue weighted by molar-refractivity contribution is 7.90. The van der Waals surface area contributed by atoms with Crippen molar-refractivity contribution >= 4 is 32.6 Å². The molecule has 10 nitrogen and oxygen atoms in total. The quantitative estimate of drug-likeness (QED) is 0.186. The first kappa shape index (κ1) is 32.5. The molecule has 1 saturated heterocycles. The Morgan fingerprint density at radius 2 is 1.87 bits per heavy atom. The second-order valence-corrected chi connectivity index (χ2v) is 14.6. The molecule has 5 rings (SSSR count). The summed E-state index contributed by atoms with van der Waals surface area (Å²) in [7, 11) is -3.02. The highest BCUT2D eigenvalue weighted by Gasteiger charge is 2.40. The van der Waals surface area contributed by atoms with Gasteiger partial charge in [0.2, 0.25) is 11.7 Å². The van der Waals surface area contributed by atoms with Crippen molar-refractivity contribution in [2.24, 2.45) is 17.3 Å². The minimum absolute atomic E-state index is 0. The second kappa shape index (κ2) is 14.0. The van der Waals surface area contributed by atoms with Gasteiger partial charge in [-0.2, -0.15) is 0 Å². The summed E-state index contributed by atoms with van der Waals surface area (Å²) >= 11 is 0. The molecule has 0 unspecified atom stereocenters. The molecule has 2 aromatic heterocycles. The van der Waals surface area contributed by atoms with E-state index in [1.54, 1.807) is 6.20 Å². The van der Waals surface area contributed by atoms with E-state index < -0.39 is 15.3 Å². The van der Waals surface area contributed by atoms with Crippen molar-refractivity contribution in [1.82, 2.24) is 19.4 Å². The van der Waals surface area contributed by atoms with Gasteiger partial charge in [-0.1, -0.05) is 12.0 Å². The number of carbonyl (C=O) groups excluding carboxylic acids is 2. The number of fused-ring (bicyclic) bond motifs is 1. The van der Waals surface area contributed by atoms with E-state index in [-0.39, 0.29) is 30.9 Å². The molecule has 3 heterocycles. The minimum atomic E-state index is -3.02. The first-order valence-corrected chi connectivity index (χ1v) is 17.8. The topological polar surface area (TPSA) is 121 Å². The predicted octanol–water partition coefficient (Wildman–Crippen LogP) is 4.83. The molecule has 1 amide bonds. The molecule has 0 radical (unpaired) electrons. The number of sulfone groups is 1. The van der Waals surface area contributed by atoms with Crippen LogP contribution in [0.5, 0.6) is 5.75 Å². The van der Waals surface area contributed by atoms with Crippen molar-refractivity contribution in [3.63, 3.8) is 0 Å². The number of rotatable bonds is 9. The van der Waals surface area contributed by atoms with Gasteiger partial charge in [0, 0.05) is 50.4 Å². The average Bonchev–Trinajstić information content (AvgIpc) is 3.47. The van der Waals surface area contributed by atoms with Crippen molar-refractivity contribution in [3.8, 4) is 23.4 Å². The summed E-state index contributed by atoms with van der Waals surface area (Å²) in [6.45, 7) is 5.64. The van der Waals surface area contributed by atoms with Gasteiger partial charge in [-0.05, 0) is 89.0 Å². The molecule has 1 aromatic carbocycles. The number of hydrogen-bond acceptors (Lipinski definition) is 8. The zero-order chi connectivity index (χ0) is 32.0. The Hall–Kier alpha value is -3.91. The standard InChI is InChI=1S/C34H42N4O6S.H2/c1-4-43-33(40)34(2)17-21-37(22-18-34)32(39)26-12-9-25(10-13-26)11-14-30-35-19-15-31(36-30)38-20-16-27-28(38)7-5-8-29(27)44-23-6-24-45(3,41)42;/h5,7-8,15-16,19-20,25-26H,4,6,9-10,12-13,17-18,21-24H2,1-3H3;1H. The van der Waals surface area contributed by atoms with E-state index in [1.165, 1.54) is 6.26 Å². The summed E-state index contributed by atoms with van der Waals surface area (Å²) in [6.07, 6.45) is 9.87. The van der Waals surface area contributed by atoms with Crippen LogP contribution in [-0.4, -0.2) is 78.0 Å². The molecule has 11 heteroatoms. The minimum Gasteiger partial charge on any atom is -0.493 e. The Morgan fingerprint density at radius 3 is 2.58 bits per heavy atom. The van der Waals surface area contributed by atoms with Gasteiger partial charge < -0.3 is 18.9 Å². The molecule has 2 aliphatic rings. The van der Waals surface area contributed by atoms with Gasteiger partial charge in [0.05, 0.1) is 29.9 Å². The molecule has 3 aromatic rings. The zero-order valence-electron chi connectivity index (χ0n) is 26.3. The van der Waals surface area contributed by atoms with Crippen molar-refractivity contribution in [2.75, 3.05) is 38.3 Å². The highest BCUT2D eigenvalue weighted by atomic mass is 32.2. The number of piperidine rings is 1. The van der Waals surface area contributed by atoms with Gasteiger partial charge in [-0.25, -0.2) is 18.4 Å². The van der Waals surface area contributed by atoms with Gasteiger partial charge in [0.15, 0.2) is 0 Å². The summed E-state index contributed by atoms with van der Waals surface area (Å²) in [6, 6.07) is 9.54. The summed E-state index contributed by atoms with van der Waals surface area (Å²) < 4.78 is 35.9. The third kappa shape index (κ3) is 8.03. The van der Waals surface area contributed by atoms with E-state index in [2.05, 4.69) is 16.8 Å². The monoisotopic (exact) mass is 636 g/mol. The number of amides is 1. The summed E-state index contributed by atoms with van der Waals surface area (Å²) in [5.74, 6) is 8.65. The van der Waals surface area contributed by atoms with Gasteiger partial charge >= 0.3 is 5.97 Å². The maximum absolute atomic E-state index is 13.2. The van der Waals surface area contributed by atoms with Crippen molar-refractivity contribution in [1.29, 1.82) is 0 Å². The molecular weight excluding hydrogens is 592 g/mol. The van der Waals surface area contributed by atoms with Crippen molar-refractivity contribution in [2.45, 2.75) is 58.8 Å². The van der Waals surface area contributed by atoms with Crippen LogP contribution in [0.15, 0.2) is 42.7 Å². The van der Waals surface area contributed by atoms with Crippen LogP contribution >= 0.6 is 0 Å². The Bertz CT molecular complexity index is 1700. The van der Waals surface area contributed by atoms with Crippen LogP contribution in [0, 0.1) is 29.1 Å². The van der Waals surface area contributed by atoms with Crippen molar-refractivity contribution < 1.29 is 28.9 Å². The van der Waals surface area contributed by atoms with Crippen LogP contribution in [0.2, 0.25) is 0 Å². The lowest BCUT2D eigenvalue weighted by Crippen LogP contribution is -2.47. The number of esters is 1. The largest absolute Gasteiger partial charge is 0.493 e. The SMILES string of the molecule is CCOC(=O)C1(C)CCN(C(=O)C2CCC(C#Cc3nccc(-n4ccc5c(OCCCS(C)(=O)=O)cccc54)n3)CC2)CC1.[HH]. The summed E-state index contributed by atoms with van der Waals surface area (Å²) in [4.78, 5) is 36.6. The van der Waals surface area contributed by atoms with Crippen LogP contribution in [0.4, 0.5) is 0 Å². The highest BCUT2D eigenvalue weighted by Crippen LogP contribution is 2.35. The Balaban J connectivity index is 0.00000480. The van der Waals surface area contributed by atoms with E-state index in [4.69, 9.17) is 14.5 Å².